The predicted molar refractivity (Wildman–Crippen MR) is 214 cm³/mol. The molecule has 3 unspecified atom stereocenters. The fourth-order valence-corrected chi connectivity index (χ4v) is 10.2. The van der Waals surface area contributed by atoms with E-state index in [1.54, 1.807) is 0 Å². The number of para-hydroxylation sites is 2. The Kier molecular flexibility index (Phi) is 6.56. The van der Waals surface area contributed by atoms with Crippen LogP contribution >= 0.6 is 11.3 Å². The normalized spacial score (nSPS) is 18.0. The molecule has 5 heteroatoms. The summed E-state index contributed by atoms with van der Waals surface area (Å²) in [6.45, 7) is 2.34. The Morgan fingerprint density at radius 1 is 0.635 bits per heavy atom. The van der Waals surface area contributed by atoms with Crippen LogP contribution in [0.25, 0.3) is 32.0 Å². The molecule has 250 valence electrons. The second-order valence-electron chi connectivity index (χ2n) is 14.0. The number of hydrogen-bond acceptors (Lipinski definition) is 5. The van der Waals surface area contributed by atoms with Crippen molar-refractivity contribution in [3.05, 3.63) is 168 Å². The molecule has 0 radical (unpaired) electrons. The Morgan fingerprint density at radius 2 is 1.37 bits per heavy atom. The molecule has 0 fully saturated rings. The third kappa shape index (κ3) is 4.39. The maximum Gasteiger partial charge on any atom is 0.159 e. The van der Waals surface area contributed by atoms with Gasteiger partial charge in [-0.2, -0.15) is 0 Å². The van der Waals surface area contributed by atoms with E-state index in [0.29, 0.717) is 11.8 Å². The van der Waals surface area contributed by atoms with Crippen LogP contribution in [-0.2, 0) is 0 Å². The molecule has 1 N–H and O–H groups in total. The minimum absolute atomic E-state index is 0.129. The molecule has 8 aromatic rings. The quantitative estimate of drug-likeness (QED) is 0.199. The van der Waals surface area contributed by atoms with Gasteiger partial charge in [0.1, 0.15) is 5.69 Å². The number of hydrogen-bond donors (Lipinski definition) is 1. The van der Waals surface area contributed by atoms with Gasteiger partial charge in [-0.15, -0.1) is 11.3 Å². The highest BCUT2D eigenvalue weighted by Gasteiger charge is 2.40. The standard InChI is InChI=1S/C47H34N2O2S/c1-2-33-42(28-13-4-3-5-14-28)47-44(35-19-8-9-24-41(35)52-47)48-43(33)32-18-10-17-31(25-32)34-20-11-21-36-46(34)51-39-23-12-22-38-45(39)49(36)37-26-29-15-6-7-16-30(29)27-40(37)50-38/h3-27,33,42-43,48H,2H2,1H3. The predicted octanol–water partition coefficient (Wildman–Crippen LogP) is 13.7. The van der Waals surface area contributed by atoms with Crippen LogP contribution in [0.2, 0.25) is 0 Å². The molecule has 52 heavy (non-hydrogen) atoms. The molecular weight excluding hydrogens is 657 g/mol. The molecule has 1 aromatic heterocycles. The SMILES string of the molecule is CCC1C(c2cccc(-c3cccc4c3Oc3cccc5c3N4c3cc4ccccc4cc3O5)c2)Nc2c(sc3ccccc23)C1c1ccccc1. The fraction of sp³-hybridized carbons (Fsp3) is 0.106. The van der Waals surface area contributed by atoms with Crippen molar-refractivity contribution < 1.29 is 9.47 Å². The van der Waals surface area contributed by atoms with Crippen molar-refractivity contribution in [1.82, 2.24) is 0 Å². The number of nitrogens with one attached hydrogen (secondary N) is 1. The monoisotopic (exact) mass is 690 g/mol. The summed E-state index contributed by atoms with van der Waals surface area (Å²) in [5.41, 5.74) is 9.09. The molecule has 7 aromatic carbocycles. The Hall–Kier alpha value is -6.04. The van der Waals surface area contributed by atoms with E-state index in [1.807, 2.05) is 29.5 Å². The van der Waals surface area contributed by atoms with Crippen LogP contribution in [0.15, 0.2) is 152 Å². The van der Waals surface area contributed by atoms with Crippen LogP contribution in [0.3, 0.4) is 0 Å². The lowest BCUT2D eigenvalue weighted by Crippen LogP contribution is -2.31. The van der Waals surface area contributed by atoms with Gasteiger partial charge in [-0.05, 0) is 75.8 Å². The third-order valence-electron chi connectivity index (χ3n) is 11.2. The molecule has 0 bridgehead atoms. The average molecular weight is 691 g/mol. The second-order valence-corrected chi connectivity index (χ2v) is 15.1. The lowest BCUT2D eigenvalue weighted by atomic mass is 9.73. The minimum Gasteiger partial charge on any atom is -0.453 e. The lowest BCUT2D eigenvalue weighted by molar-refractivity contribution is 0.385. The summed E-state index contributed by atoms with van der Waals surface area (Å²) in [5.74, 6) is 3.93. The molecule has 0 saturated carbocycles. The van der Waals surface area contributed by atoms with Crippen molar-refractivity contribution in [2.24, 2.45) is 5.92 Å². The van der Waals surface area contributed by atoms with E-state index >= 15 is 0 Å². The Balaban J connectivity index is 1.05. The molecule has 3 aliphatic heterocycles. The van der Waals surface area contributed by atoms with Gasteiger partial charge in [0.05, 0.1) is 23.1 Å². The summed E-state index contributed by atoms with van der Waals surface area (Å²) in [6.07, 6.45) is 1.04. The highest BCUT2D eigenvalue weighted by Crippen LogP contribution is 2.62. The van der Waals surface area contributed by atoms with E-state index in [0.717, 1.165) is 63.0 Å². The number of benzene rings is 7. The second kappa shape index (κ2) is 11.5. The fourth-order valence-electron chi connectivity index (χ4n) is 8.83. The first kappa shape index (κ1) is 29.7. The molecule has 3 atom stereocenters. The number of thiophene rings is 1. The van der Waals surface area contributed by atoms with Crippen LogP contribution in [0.1, 0.15) is 41.3 Å². The molecule has 4 nitrogen and oxygen atoms in total. The van der Waals surface area contributed by atoms with Crippen molar-refractivity contribution in [2.75, 3.05) is 10.2 Å². The van der Waals surface area contributed by atoms with Crippen LogP contribution in [0, 0.1) is 5.92 Å². The van der Waals surface area contributed by atoms with Gasteiger partial charge in [-0.25, -0.2) is 0 Å². The number of nitrogens with zero attached hydrogens (tertiary/aromatic N) is 1. The number of ether oxygens (including phenoxy) is 2. The van der Waals surface area contributed by atoms with Gasteiger partial charge in [0, 0.05) is 26.4 Å². The summed E-state index contributed by atoms with van der Waals surface area (Å²) in [4.78, 5) is 3.76. The van der Waals surface area contributed by atoms with Crippen molar-refractivity contribution in [3.8, 4) is 34.1 Å². The van der Waals surface area contributed by atoms with Crippen LogP contribution < -0.4 is 19.7 Å². The summed E-state index contributed by atoms with van der Waals surface area (Å²) in [5, 5.41) is 7.73. The smallest absolute Gasteiger partial charge is 0.159 e. The zero-order valence-corrected chi connectivity index (χ0v) is 29.4. The molecule has 0 amide bonds. The maximum atomic E-state index is 6.86. The van der Waals surface area contributed by atoms with Gasteiger partial charge in [0.2, 0.25) is 0 Å². The number of anilines is 4. The first-order valence-corrected chi connectivity index (χ1v) is 18.9. The van der Waals surface area contributed by atoms with Gasteiger partial charge in [-0.3, -0.25) is 4.90 Å². The summed E-state index contributed by atoms with van der Waals surface area (Å²) >= 11 is 1.94. The first-order valence-electron chi connectivity index (χ1n) is 18.1. The Labute approximate surface area is 306 Å². The van der Waals surface area contributed by atoms with E-state index in [-0.39, 0.29) is 6.04 Å². The summed E-state index contributed by atoms with van der Waals surface area (Å²) < 4.78 is 14.7. The summed E-state index contributed by atoms with van der Waals surface area (Å²) in [6, 6.07) is 54.6. The van der Waals surface area contributed by atoms with Gasteiger partial charge in [-0.1, -0.05) is 123 Å². The number of rotatable bonds is 4. The summed E-state index contributed by atoms with van der Waals surface area (Å²) in [7, 11) is 0. The molecule has 4 heterocycles. The molecule has 11 rings (SSSR count). The van der Waals surface area contributed by atoms with Crippen molar-refractivity contribution in [2.45, 2.75) is 25.3 Å². The number of fused-ring (bicyclic) bond motifs is 8. The van der Waals surface area contributed by atoms with Crippen molar-refractivity contribution in [1.29, 1.82) is 0 Å². The van der Waals surface area contributed by atoms with E-state index < -0.39 is 0 Å². The van der Waals surface area contributed by atoms with Crippen LogP contribution in [-0.4, -0.2) is 0 Å². The zero-order valence-electron chi connectivity index (χ0n) is 28.5. The van der Waals surface area contributed by atoms with E-state index in [2.05, 4.69) is 151 Å². The molecule has 0 saturated heterocycles. The highest BCUT2D eigenvalue weighted by atomic mass is 32.1. The highest BCUT2D eigenvalue weighted by molar-refractivity contribution is 7.20. The van der Waals surface area contributed by atoms with E-state index in [1.165, 1.54) is 37.2 Å². The minimum atomic E-state index is 0.129. The Morgan fingerprint density at radius 3 is 2.23 bits per heavy atom. The molecular formula is C47H34N2O2S. The van der Waals surface area contributed by atoms with E-state index in [9.17, 15) is 0 Å². The van der Waals surface area contributed by atoms with Gasteiger partial charge in [0.25, 0.3) is 0 Å². The average Bonchev–Trinajstić information content (AvgIpc) is 3.57. The van der Waals surface area contributed by atoms with Gasteiger partial charge >= 0.3 is 0 Å². The first-order chi connectivity index (χ1) is 25.7. The molecule has 0 aliphatic carbocycles. The van der Waals surface area contributed by atoms with Gasteiger partial charge in [0.15, 0.2) is 23.0 Å². The topological polar surface area (TPSA) is 33.7 Å². The lowest BCUT2D eigenvalue weighted by Gasteiger charge is -2.40. The van der Waals surface area contributed by atoms with Crippen LogP contribution in [0.4, 0.5) is 22.7 Å². The van der Waals surface area contributed by atoms with Crippen molar-refractivity contribution >= 4 is 54.9 Å². The zero-order chi connectivity index (χ0) is 34.3. The molecule has 0 spiro atoms. The maximum absolute atomic E-state index is 6.86. The van der Waals surface area contributed by atoms with Crippen LogP contribution in [0.5, 0.6) is 23.0 Å². The van der Waals surface area contributed by atoms with Crippen molar-refractivity contribution in [3.63, 3.8) is 0 Å². The molecule has 3 aliphatic rings. The Bertz CT molecular complexity index is 2700. The van der Waals surface area contributed by atoms with Gasteiger partial charge < -0.3 is 14.8 Å². The van der Waals surface area contributed by atoms with E-state index in [4.69, 9.17) is 9.47 Å². The largest absolute Gasteiger partial charge is 0.453 e. The third-order valence-corrected chi connectivity index (χ3v) is 12.4.